The molecule has 0 radical (unpaired) electrons. The average molecular weight is 198 g/mol. The van der Waals surface area contributed by atoms with Crippen molar-refractivity contribution in [2.75, 3.05) is 20.6 Å². The standard InChI is InChI=1S/C11H22N2O/c1-12-11(14)8-9-13(2)10-6-4-3-5-7-10/h10H,3-9H2,1-2H3,(H,12,14). The molecular formula is C11H22N2O. The number of hydrogen-bond donors (Lipinski definition) is 1. The molecule has 1 rings (SSSR count). The van der Waals surface area contributed by atoms with Crippen LogP contribution in [0.3, 0.4) is 0 Å². The first-order valence-electron chi connectivity index (χ1n) is 5.65. The number of nitrogens with one attached hydrogen (secondary N) is 1. The van der Waals surface area contributed by atoms with Crippen molar-refractivity contribution in [3.05, 3.63) is 0 Å². The van der Waals surface area contributed by atoms with Gasteiger partial charge in [-0.1, -0.05) is 19.3 Å². The molecular weight excluding hydrogens is 176 g/mol. The predicted octanol–water partition coefficient (Wildman–Crippen LogP) is 1.39. The summed E-state index contributed by atoms with van der Waals surface area (Å²) in [7, 11) is 3.84. The van der Waals surface area contributed by atoms with Crippen LogP contribution in [0.5, 0.6) is 0 Å². The maximum absolute atomic E-state index is 11.1. The quantitative estimate of drug-likeness (QED) is 0.740. The van der Waals surface area contributed by atoms with Crippen LogP contribution >= 0.6 is 0 Å². The summed E-state index contributed by atoms with van der Waals surface area (Å²) >= 11 is 0. The molecule has 82 valence electrons. The van der Waals surface area contributed by atoms with E-state index in [0.29, 0.717) is 12.5 Å². The van der Waals surface area contributed by atoms with Crippen LogP contribution in [0.2, 0.25) is 0 Å². The number of amides is 1. The normalized spacial score (nSPS) is 18.5. The van der Waals surface area contributed by atoms with E-state index in [2.05, 4.69) is 17.3 Å². The Hall–Kier alpha value is -0.570. The summed E-state index contributed by atoms with van der Waals surface area (Å²) in [5.41, 5.74) is 0. The van der Waals surface area contributed by atoms with Crippen LogP contribution < -0.4 is 5.32 Å². The number of hydrogen-bond acceptors (Lipinski definition) is 2. The molecule has 0 bridgehead atoms. The smallest absolute Gasteiger partial charge is 0.221 e. The Morgan fingerprint density at radius 3 is 2.57 bits per heavy atom. The third-order valence-corrected chi connectivity index (χ3v) is 3.17. The Morgan fingerprint density at radius 2 is 2.00 bits per heavy atom. The van der Waals surface area contributed by atoms with Crippen molar-refractivity contribution in [2.24, 2.45) is 0 Å². The first-order valence-corrected chi connectivity index (χ1v) is 5.65. The average Bonchev–Trinajstić information content (AvgIpc) is 2.26. The molecule has 1 amide bonds. The molecule has 0 saturated heterocycles. The van der Waals surface area contributed by atoms with Gasteiger partial charge in [-0.15, -0.1) is 0 Å². The SMILES string of the molecule is CNC(=O)CCN(C)C1CCCCC1. The molecule has 0 heterocycles. The molecule has 1 saturated carbocycles. The third kappa shape index (κ3) is 3.66. The minimum Gasteiger partial charge on any atom is -0.359 e. The lowest BCUT2D eigenvalue weighted by Gasteiger charge is -2.30. The summed E-state index contributed by atoms with van der Waals surface area (Å²) in [6.07, 6.45) is 7.35. The number of carbonyl (C=O) groups is 1. The highest BCUT2D eigenvalue weighted by Crippen LogP contribution is 2.21. The van der Waals surface area contributed by atoms with Gasteiger partial charge in [0.2, 0.25) is 5.91 Å². The van der Waals surface area contributed by atoms with E-state index in [1.165, 1.54) is 32.1 Å². The summed E-state index contributed by atoms with van der Waals surface area (Å²) < 4.78 is 0. The monoisotopic (exact) mass is 198 g/mol. The molecule has 3 heteroatoms. The highest BCUT2D eigenvalue weighted by atomic mass is 16.1. The van der Waals surface area contributed by atoms with E-state index >= 15 is 0 Å². The maximum atomic E-state index is 11.1. The molecule has 0 aromatic rings. The molecule has 14 heavy (non-hydrogen) atoms. The van der Waals surface area contributed by atoms with Crippen molar-refractivity contribution >= 4 is 5.91 Å². The molecule has 1 fully saturated rings. The van der Waals surface area contributed by atoms with Crippen LogP contribution in [0.25, 0.3) is 0 Å². The number of nitrogens with zero attached hydrogens (tertiary/aromatic N) is 1. The topological polar surface area (TPSA) is 32.3 Å². The van der Waals surface area contributed by atoms with Crippen LogP contribution in [0.1, 0.15) is 38.5 Å². The fraction of sp³-hybridized carbons (Fsp3) is 0.909. The molecule has 0 atom stereocenters. The van der Waals surface area contributed by atoms with E-state index < -0.39 is 0 Å². The minimum absolute atomic E-state index is 0.146. The van der Waals surface area contributed by atoms with Gasteiger partial charge >= 0.3 is 0 Å². The summed E-state index contributed by atoms with van der Waals surface area (Å²) in [6, 6.07) is 0.716. The first kappa shape index (κ1) is 11.5. The molecule has 0 unspecified atom stereocenters. The molecule has 1 aliphatic carbocycles. The third-order valence-electron chi connectivity index (χ3n) is 3.17. The molecule has 0 aromatic carbocycles. The van der Waals surface area contributed by atoms with Crippen LogP contribution in [0.4, 0.5) is 0 Å². The van der Waals surface area contributed by atoms with Gasteiger partial charge in [-0.3, -0.25) is 4.79 Å². The van der Waals surface area contributed by atoms with E-state index in [4.69, 9.17) is 0 Å². The summed E-state index contributed by atoms with van der Waals surface area (Å²) in [4.78, 5) is 13.4. The molecule has 1 N–H and O–H groups in total. The number of rotatable bonds is 4. The lowest BCUT2D eigenvalue weighted by molar-refractivity contribution is -0.121. The zero-order chi connectivity index (χ0) is 10.4. The second kappa shape index (κ2) is 6.02. The van der Waals surface area contributed by atoms with Gasteiger partial charge in [0.1, 0.15) is 0 Å². The van der Waals surface area contributed by atoms with Gasteiger partial charge in [-0.2, -0.15) is 0 Å². The lowest BCUT2D eigenvalue weighted by atomic mass is 9.94. The van der Waals surface area contributed by atoms with Crippen molar-refractivity contribution in [1.29, 1.82) is 0 Å². The van der Waals surface area contributed by atoms with E-state index in [1.807, 2.05) is 0 Å². The largest absolute Gasteiger partial charge is 0.359 e. The Bertz CT molecular complexity index is 176. The van der Waals surface area contributed by atoms with Crippen molar-refractivity contribution in [2.45, 2.75) is 44.6 Å². The van der Waals surface area contributed by atoms with E-state index in [0.717, 1.165) is 6.54 Å². The van der Waals surface area contributed by atoms with Crippen LogP contribution in [-0.4, -0.2) is 37.5 Å². The van der Waals surface area contributed by atoms with Crippen molar-refractivity contribution in [3.8, 4) is 0 Å². The van der Waals surface area contributed by atoms with Gasteiger partial charge in [-0.05, 0) is 19.9 Å². The zero-order valence-electron chi connectivity index (χ0n) is 9.38. The fourth-order valence-corrected chi connectivity index (χ4v) is 2.11. The van der Waals surface area contributed by atoms with Crippen molar-refractivity contribution in [3.63, 3.8) is 0 Å². The van der Waals surface area contributed by atoms with Crippen LogP contribution in [-0.2, 0) is 4.79 Å². The summed E-state index contributed by atoms with van der Waals surface area (Å²) in [5, 5.41) is 2.66. The summed E-state index contributed by atoms with van der Waals surface area (Å²) in [6.45, 7) is 0.893. The van der Waals surface area contributed by atoms with E-state index in [1.54, 1.807) is 7.05 Å². The Morgan fingerprint density at radius 1 is 1.36 bits per heavy atom. The molecule has 0 aromatic heterocycles. The fourth-order valence-electron chi connectivity index (χ4n) is 2.11. The molecule has 3 nitrogen and oxygen atoms in total. The van der Waals surface area contributed by atoms with Gasteiger partial charge in [0, 0.05) is 26.1 Å². The Labute approximate surface area is 86.9 Å². The highest BCUT2D eigenvalue weighted by molar-refractivity contribution is 5.75. The van der Waals surface area contributed by atoms with Crippen molar-refractivity contribution < 1.29 is 4.79 Å². The Balaban J connectivity index is 2.19. The van der Waals surface area contributed by atoms with E-state index in [9.17, 15) is 4.79 Å². The zero-order valence-corrected chi connectivity index (χ0v) is 9.38. The minimum atomic E-state index is 0.146. The second-order valence-electron chi connectivity index (χ2n) is 4.20. The van der Waals surface area contributed by atoms with Gasteiger partial charge < -0.3 is 10.2 Å². The van der Waals surface area contributed by atoms with E-state index in [-0.39, 0.29) is 5.91 Å². The number of carbonyl (C=O) groups excluding carboxylic acids is 1. The van der Waals surface area contributed by atoms with Gasteiger partial charge in [0.15, 0.2) is 0 Å². The van der Waals surface area contributed by atoms with Crippen LogP contribution in [0.15, 0.2) is 0 Å². The second-order valence-corrected chi connectivity index (χ2v) is 4.20. The highest BCUT2D eigenvalue weighted by Gasteiger charge is 2.17. The molecule has 0 aliphatic heterocycles. The van der Waals surface area contributed by atoms with Crippen molar-refractivity contribution in [1.82, 2.24) is 10.2 Å². The van der Waals surface area contributed by atoms with Gasteiger partial charge in [0.05, 0.1) is 0 Å². The lowest BCUT2D eigenvalue weighted by Crippen LogP contribution is -2.36. The Kier molecular flexibility index (Phi) is 4.94. The van der Waals surface area contributed by atoms with Gasteiger partial charge in [0.25, 0.3) is 0 Å². The predicted molar refractivity (Wildman–Crippen MR) is 58.2 cm³/mol. The molecule has 0 spiro atoms. The van der Waals surface area contributed by atoms with Crippen LogP contribution in [0, 0.1) is 0 Å². The molecule has 1 aliphatic rings. The first-order chi connectivity index (χ1) is 6.74. The van der Waals surface area contributed by atoms with Gasteiger partial charge in [-0.25, -0.2) is 0 Å². The summed E-state index contributed by atoms with van der Waals surface area (Å²) in [5.74, 6) is 0.146. The maximum Gasteiger partial charge on any atom is 0.221 e.